The summed E-state index contributed by atoms with van der Waals surface area (Å²) in [5.41, 5.74) is 10.1. The van der Waals surface area contributed by atoms with Crippen LogP contribution in [0.3, 0.4) is 0 Å². The van der Waals surface area contributed by atoms with Crippen LogP contribution in [0.15, 0.2) is 18.5 Å². The molecule has 3 aromatic rings. The van der Waals surface area contributed by atoms with Crippen molar-refractivity contribution in [2.24, 2.45) is 5.92 Å². The SMILES string of the molecule is CCCC(C)Nc1nc(N)c2ncc(Cc3cnc(N4CCC(CN(C)CCNC)CC4)c(C)c3)n2n1. The topological polar surface area (TPSA) is 113 Å². The van der Waals surface area contributed by atoms with E-state index < -0.39 is 0 Å². The first-order valence-corrected chi connectivity index (χ1v) is 13.7. The molecule has 4 rings (SSSR count). The summed E-state index contributed by atoms with van der Waals surface area (Å²) in [7, 11) is 4.24. The van der Waals surface area contributed by atoms with Gasteiger partial charge in [0.15, 0.2) is 11.5 Å². The Labute approximate surface area is 221 Å². The van der Waals surface area contributed by atoms with Gasteiger partial charge in [0.1, 0.15) is 5.82 Å². The zero-order valence-corrected chi connectivity index (χ0v) is 23.2. The van der Waals surface area contributed by atoms with E-state index in [-0.39, 0.29) is 6.04 Å². The van der Waals surface area contributed by atoms with Crippen LogP contribution in [-0.2, 0) is 6.42 Å². The third-order valence-electron chi connectivity index (χ3n) is 7.28. The van der Waals surface area contributed by atoms with Gasteiger partial charge in [0.25, 0.3) is 0 Å². The number of aryl methyl sites for hydroxylation is 1. The summed E-state index contributed by atoms with van der Waals surface area (Å²) < 4.78 is 1.81. The van der Waals surface area contributed by atoms with Gasteiger partial charge in [-0.05, 0) is 64.3 Å². The minimum atomic E-state index is 0.276. The van der Waals surface area contributed by atoms with E-state index in [0.29, 0.717) is 23.8 Å². The molecule has 1 aliphatic heterocycles. The number of hydrogen-bond donors (Lipinski definition) is 3. The largest absolute Gasteiger partial charge is 0.380 e. The number of pyridine rings is 1. The Bertz CT molecular complexity index is 1150. The molecule has 1 unspecified atom stereocenters. The van der Waals surface area contributed by atoms with E-state index in [9.17, 15) is 0 Å². The molecule has 1 aliphatic rings. The highest BCUT2D eigenvalue weighted by molar-refractivity contribution is 5.61. The molecule has 1 atom stereocenters. The molecule has 37 heavy (non-hydrogen) atoms. The van der Waals surface area contributed by atoms with E-state index in [0.717, 1.165) is 62.0 Å². The molecule has 3 aromatic heterocycles. The van der Waals surface area contributed by atoms with Crippen molar-refractivity contribution in [1.82, 2.24) is 34.8 Å². The predicted molar refractivity (Wildman–Crippen MR) is 151 cm³/mol. The van der Waals surface area contributed by atoms with Crippen molar-refractivity contribution < 1.29 is 0 Å². The van der Waals surface area contributed by atoms with E-state index in [1.807, 2.05) is 24.0 Å². The monoisotopic (exact) mass is 508 g/mol. The molecule has 4 heterocycles. The average molecular weight is 509 g/mol. The third kappa shape index (κ3) is 6.87. The van der Waals surface area contributed by atoms with Crippen LogP contribution in [0, 0.1) is 12.8 Å². The molecule has 10 nitrogen and oxygen atoms in total. The molecule has 0 spiro atoms. The summed E-state index contributed by atoms with van der Waals surface area (Å²) in [6.07, 6.45) is 9.06. The first kappa shape index (κ1) is 27.1. The minimum absolute atomic E-state index is 0.276. The highest BCUT2D eigenvalue weighted by Crippen LogP contribution is 2.26. The summed E-state index contributed by atoms with van der Waals surface area (Å²) >= 11 is 0. The number of imidazole rings is 1. The second-order valence-corrected chi connectivity index (χ2v) is 10.6. The minimum Gasteiger partial charge on any atom is -0.380 e. The quantitative estimate of drug-likeness (QED) is 0.340. The summed E-state index contributed by atoms with van der Waals surface area (Å²) in [6.45, 7) is 11.9. The van der Waals surface area contributed by atoms with Crippen LogP contribution in [0.2, 0.25) is 0 Å². The number of piperidine rings is 1. The van der Waals surface area contributed by atoms with Crippen molar-refractivity contribution in [1.29, 1.82) is 0 Å². The van der Waals surface area contributed by atoms with Gasteiger partial charge in [-0.25, -0.2) is 14.5 Å². The molecule has 4 N–H and O–H groups in total. The van der Waals surface area contributed by atoms with Crippen molar-refractivity contribution in [2.45, 2.75) is 58.9 Å². The Kier molecular flexibility index (Phi) is 9.15. The molecule has 0 aromatic carbocycles. The van der Waals surface area contributed by atoms with Crippen LogP contribution < -0.4 is 21.3 Å². The van der Waals surface area contributed by atoms with E-state index >= 15 is 0 Å². The second kappa shape index (κ2) is 12.5. The number of fused-ring (bicyclic) bond motifs is 1. The van der Waals surface area contributed by atoms with E-state index in [1.54, 1.807) is 0 Å². The molecule has 1 saturated heterocycles. The van der Waals surface area contributed by atoms with Crippen molar-refractivity contribution in [3.63, 3.8) is 0 Å². The maximum absolute atomic E-state index is 6.20. The number of rotatable bonds is 12. The maximum atomic E-state index is 6.20. The third-order valence-corrected chi connectivity index (χ3v) is 7.28. The van der Waals surface area contributed by atoms with Crippen molar-refractivity contribution in [3.8, 4) is 0 Å². The molecule has 0 bridgehead atoms. The Morgan fingerprint density at radius 2 is 2.00 bits per heavy atom. The van der Waals surface area contributed by atoms with Crippen molar-refractivity contribution >= 4 is 23.2 Å². The van der Waals surface area contributed by atoms with Gasteiger partial charge in [0, 0.05) is 51.4 Å². The smallest absolute Gasteiger partial charge is 0.243 e. The van der Waals surface area contributed by atoms with Crippen LogP contribution in [0.5, 0.6) is 0 Å². The summed E-state index contributed by atoms with van der Waals surface area (Å²) in [4.78, 5) is 18.7. The molecule has 10 heteroatoms. The van der Waals surface area contributed by atoms with Gasteiger partial charge in [-0.1, -0.05) is 19.4 Å². The van der Waals surface area contributed by atoms with Crippen LogP contribution in [0.25, 0.3) is 5.65 Å². The van der Waals surface area contributed by atoms with Crippen molar-refractivity contribution in [3.05, 3.63) is 35.3 Å². The summed E-state index contributed by atoms with van der Waals surface area (Å²) in [6, 6.07) is 2.52. The Morgan fingerprint density at radius 3 is 2.70 bits per heavy atom. The first-order valence-electron chi connectivity index (χ1n) is 13.7. The fraction of sp³-hybridized carbons (Fsp3) is 0.630. The maximum Gasteiger partial charge on any atom is 0.243 e. The number of aromatic nitrogens is 5. The lowest BCUT2D eigenvalue weighted by Gasteiger charge is -2.35. The number of nitrogen functional groups attached to an aromatic ring is 1. The van der Waals surface area contributed by atoms with E-state index in [1.165, 1.54) is 24.9 Å². The van der Waals surface area contributed by atoms with Gasteiger partial charge in [0.05, 0.1) is 11.9 Å². The highest BCUT2D eigenvalue weighted by atomic mass is 15.3. The molecule has 202 valence electrons. The highest BCUT2D eigenvalue weighted by Gasteiger charge is 2.22. The number of nitrogens with zero attached hydrogens (tertiary/aromatic N) is 7. The Morgan fingerprint density at radius 1 is 1.22 bits per heavy atom. The number of likely N-dealkylation sites (N-methyl/N-ethyl adjacent to an activating group) is 2. The Hall–Kier alpha value is -2.98. The number of nitrogens with two attached hydrogens (primary N) is 1. The molecular weight excluding hydrogens is 464 g/mol. The molecule has 0 amide bonds. The fourth-order valence-corrected chi connectivity index (χ4v) is 5.28. The second-order valence-electron chi connectivity index (χ2n) is 10.6. The predicted octanol–water partition coefficient (Wildman–Crippen LogP) is 2.97. The normalized spacial score (nSPS) is 15.6. The number of anilines is 3. The fourth-order valence-electron chi connectivity index (χ4n) is 5.28. The zero-order chi connectivity index (χ0) is 26.4. The molecule has 1 fully saturated rings. The first-order chi connectivity index (χ1) is 17.9. The number of hydrogen-bond acceptors (Lipinski definition) is 9. The lowest BCUT2D eigenvalue weighted by molar-refractivity contribution is 0.249. The molecule has 0 aliphatic carbocycles. The van der Waals surface area contributed by atoms with Crippen LogP contribution in [0.1, 0.15) is 56.4 Å². The van der Waals surface area contributed by atoms with Gasteiger partial charge in [0.2, 0.25) is 5.95 Å². The van der Waals surface area contributed by atoms with Crippen LogP contribution in [-0.4, -0.2) is 82.3 Å². The lowest BCUT2D eigenvalue weighted by atomic mass is 9.96. The van der Waals surface area contributed by atoms with E-state index in [2.05, 4.69) is 69.4 Å². The van der Waals surface area contributed by atoms with Gasteiger partial charge < -0.3 is 26.2 Å². The standard InChI is InChI=1S/C27H44N10/c1-6-7-20(3)32-27-33-24(28)26-31-17-23(37(26)34-27)15-22-14-19(2)25(30-16-22)36-11-8-21(9-12-36)18-35(5)13-10-29-4/h14,16-17,20-21,29H,6-13,15,18H2,1-5H3,(H3,28,32,33,34). The van der Waals surface area contributed by atoms with Crippen molar-refractivity contribution in [2.75, 3.05) is 62.8 Å². The average Bonchev–Trinajstić information content (AvgIpc) is 3.26. The van der Waals surface area contributed by atoms with Crippen LogP contribution >= 0.6 is 0 Å². The van der Waals surface area contributed by atoms with Gasteiger partial charge in [-0.2, -0.15) is 4.98 Å². The lowest BCUT2D eigenvalue weighted by Crippen LogP contribution is -2.39. The van der Waals surface area contributed by atoms with Crippen LogP contribution in [0.4, 0.5) is 17.6 Å². The zero-order valence-electron chi connectivity index (χ0n) is 23.2. The number of nitrogens with one attached hydrogen (secondary N) is 2. The molecular formula is C27H44N10. The van der Waals surface area contributed by atoms with E-state index in [4.69, 9.17) is 10.7 Å². The van der Waals surface area contributed by atoms with Gasteiger partial charge in [-0.15, -0.1) is 5.10 Å². The van der Waals surface area contributed by atoms with Gasteiger partial charge >= 0.3 is 0 Å². The van der Waals surface area contributed by atoms with Gasteiger partial charge in [-0.3, -0.25) is 0 Å². The summed E-state index contributed by atoms with van der Waals surface area (Å²) in [5.74, 6) is 2.78. The molecule has 0 radical (unpaired) electrons. The Balaban J connectivity index is 1.41. The summed E-state index contributed by atoms with van der Waals surface area (Å²) in [5, 5.41) is 11.3. The molecule has 0 saturated carbocycles.